The predicted octanol–water partition coefficient (Wildman–Crippen LogP) is 4.68. The molecule has 0 bridgehead atoms. The Labute approximate surface area is 167 Å². The van der Waals surface area contributed by atoms with Crippen LogP contribution >= 0.6 is 35.4 Å². The fourth-order valence-electron chi connectivity index (χ4n) is 2.10. The zero-order valence-corrected chi connectivity index (χ0v) is 16.3. The number of hydrogen-bond acceptors (Lipinski definition) is 4. The van der Waals surface area contributed by atoms with Crippen LogP contribution in [0.15, 0.2) is 36.4 Å². The number of rotatable bonds is 6. The second-order valence-corrected chi connectivity index (χ2v) is 6.80. The van der Waals surface area contributed by atoms with Crippen LogP contribution in [0.25, 0.3) is 0 Å². The van der Waals surface area contributed by atoms with Crippen LogP contribution in [0.2, 0.25) is 10.0 Å². The third kappa shape index (κ3) is 6.37. The first-order chi connectivity index (χ1) is 12.3. The van der Waals surface area contributed by atoms with E-state index in [0.717, 1.165) is 5.56 Å². The molecule has 3 N–H and O–H groups in total. The predicted molar refractivity (Wildman–Crippen MR) is 108 cm³/mol. The van der Waals surface area contributed by atoms with E-state index in [1.54, 1.807) is 36.4 Å². The van der Waals surface area contributed by atoms with E-state index in [-0.39, 0.29) is 23.2 Å². The van der Waals surface area contributed by atoms with E-state index in [0.29, 0.717) is 34.5 Å². The van der Waals surface area contributed by atoms with Gasteiger partial charge in [0.15, 0.2) is 5.11 Å². The molecule has 0 radical (unpaired) electrons. The molecule has 2 rings (SSSR count). The number of phenols is 1. The summed E-state index contributed by atoms with van der Waals surface area (Å²) in [4.78, 5) is 11.9. The molecule has 0 spiro atoms. The minimum Gasteiger partial charge on any atom is -0.506 e. The number of aromatic hydroxyl groups is 1. The lowest BCUT2D eigenvalue weighted by molar-refractivity contribution is -0.119. The molecule has 0 fully saturated rings. The molecule has 0 unspecified atom stereocenters. The summed E-state index contributed by atoms with van der Waals surface area (Å²) in [5.41, 5.74) is 1.40. The number of carbonyl (C=O) groups is 1. The first-order valence-corrected chi connectivity index (χ1v) is 9.00. The second-order valence-electron chi connectivity index (χ2n) is 5.55. The molecule has 2 aromatic rings. The van der Waals surface area contributed by atoms with E-state index in [1.807, 2.05) is 6.92 Å². The first kappa shape index (κ1) is 20.3. The highest BCUT2D eigenvalue weighted by molar-refractivity contribution is 7.80. The van der Waals surface area contributed by atoms with Crippen LogP contribution in [-0.4, -0.2) is 22.7 Å². The van der Waals surface area contributed by atoms with E-state index in [4.69, 9.17) is 40.2 Å². The number of benzene rings is 2. The molecule has 8 heteroatoms. The minimum absolute atomic E-state index is 0.0560. The summed E-state index contributed by atoms with van der Waals surface area (Å²) in [5, 5.41) is 16.2. The lowest BCUT2D eigenvalue weighted by Gasteiger charge is -2.12. The van der Waals surface area contributed by atoms with Crippen LogP contribution in [0.1, 0.15) is 18.4 Å². The lowest BCUT2D eigenvalue weighted by Crippen LogP contribution is -2.34. The maximum atomic E-state index is 11.9. The molecule has 0 atom stereocenters. The quantitative estimate of drug-likeness (QED) is 0.365. The van der Waals surface area contributed by atoms with Crippen molar-refractivity contribution in [2.75, 3.05) is 11.9 Å². The highest BCUT2D eigenvalue weighted by atomic mass is 35.5. The normalized spacial score (nSPS) is 10.3. The fourth-order valence-corrected chi connectivity index (χ4v) is 2.79. The summed E-state index contributed by atoms with van der Waals surface area (Å²) in [6, 6.07) is 10.0. The van der Waals surface area contributed by atoms with E-state index < -0.39 is 0 Å². The Morgan fingerprint density at radius 3 is 2.73 bits per heavy atom. The van der Waals surface area contributed by atoms with Crippen LogP contribution in [0.4, 0.5) is 5.69 Å². The zero-order chi connectivity index (χ0) is 19.1. The number of amides is 1. The molecular formula is C18H18Cl2N2O3S. The van der Waals surface area contributed by atoms with Gasteiger partial charge in [-0.1, -0.05) is 29.3 Å². The smallest absolute Gasteiger partial charge is 0.226 e. The molecular weight excluding hydrogens is 395 g/mol. The monoisotopic (exact) mass is 412 g/mol. The summed E-state index contributed by atoms with van der Waals surface area (Å²) in [5.74, 6) is 0.324. The molecule has 1 amide bonds. The number of anilines is 1. The van der Waals surface area contributed by atoms with Gasteiger partial charge in [0, 0.05) is 11.4 Å². The van der Waals surface area contributed by atoms with Gasteiger partial charge in [0.2, 0.25) is 5.91 Å². The Kier molecular flexibility index (Phi) is 7.50. The fraction of sp³-hybridized carbons (Fsp3) is 0.222. The van der Waals surface area contributed by atoms with Gasteiger partial charge in [-0.25, -0.2) is 0 Å². The highest BCUT2D eigenvalue weighted by Gasteiger charge is 2.08. The van der Waals surface area contributed by atoms with Crippen molar-refractivity contribution in [2.45, 2.75) is 19.8 Å². The van der Waals surface area contributed by atoms with Crippen molar-refractivity contribution in [3.8, 4) is 11.5 Å². The van der Waals surface area contributed by atoms with Crippen molar-refractivity contribution >= 4 is 52.1 Å². The van der Waals surface area contributed by atoms with Crippen molar-refractivity contribution in [3.05, 3.63) is 52.0 Å². The van der Waals surface area contributed by atoms with Crippen molar-refractivity contribution in [1.82, 2.24) is 5.32 Å². The van der Waals surface area contributed by atoms with Gasteiger partial charge < -0.3 is 20.5 Å². The number of aryl methyl sites for hydroxylation is 1. The number of phenolic OH excluding ortho intramolecular Hbond substituents is 1. The summed E-state index contributed by atoms with van der Waals surface area (Å²) >= 11 is 16.9. The van der Waals surface area contributed by atoms with Crippen LogP contribution in [0.5, 0.6) is 11.5 Å². The number of hydrogen-bond donors (Lipinski definition) is 3. The lowest BCUT2D eigenvalue weighted by atomic mass is 10.2. The van der Waals surface area contributed by atoms with Gasteiger partial charge in [-0.15, -0.1) is 0 Å². The van der Waals surface area contributed by atoms with Crippen molar-refractivity contribution in [1.29, 1.82) is 0 Å². The standard InChI is InChI=1S/C18H18Cl2N2O3S/c1-11-4-6-15(23)14(9-11)21-18(26)22-17(24)3-2-8-25-16-7-5-12(19)10-13(16)20/h4-7,9-10,23H,2-3,8H2,1H3,(H2,21,22,24,26). The van der Waals surface area contributed by atoms with Crippen LogP contribution in [0, 0.1) is 6.92 Å². The van der Waals surface area contributed by atoms with Crippen LogP contribution < -0.4 is 15.4 Å². The largest absolute Gasteiger partial charge is 0.506 e. The van der Waals surface area contributed by atoms with Gasteiger partial charge in [-0.3, -0.25) is 4.79 Å². The van der Waals surface area contributed by atoms with E-state index in [9.17, 15) is 9.90 Å². The Morgan fingerprint density at radius 2 is 2.00 bits per heavy atom. The number of halogens is 2. The van der Waals surface area contributed by atoms with Gasteiger partial charge in [0.1, 0.15) is 11.5 Å². The summed E-state index contributed by atoms with van der Waals surface area (Å²) in [7, 11) is 0. The number of nitrogens with one attached hydrogen (secondary N) is 2. The third-order valence-corrected chi connectivity index (χ3v) is 4.09. The molecule has 0 heterocycles. The van der Waals surface area contributed by atoms with Gasteiger partial charge in [0.05, 0.1) is 17.3 Å². The summed E-state index contributed by atoms with van der Waals surface area (Å²) in [6.45, 7) is 2.22. The summed E-state index contributed by atoms with van der Waals surface area (Å²) in [6.07, 6.45) is 0.718. The summed E-state index contributed by atoms with van der Waals surface area (Å²) < 4.78 is 5.52. The molecule has 0 aliphatic rings. The average molecular weight is 413 g/mol. The third-order valence-electron chi connectivity index (χ3n) is 3.35. The van der Waals surface area contributed by atoms with Crippen molar-refractivity contribution < 1.29 is 14.6 Å². The maximum absolute atomic E-state index is 11.9. The Hall–Kier alpha value is -2.02. The van der Waals surface area contributed by atoms with Gasteiger partial charge >= 0.3 is 0 Å². The highest BCUT2D eigenvalue weighted by Crippen LogP contribution is 2.27. The van der Waals surface area contributed by atoms with Crippen LogP contribution in [0.3, 0.4) is 0 Å². The molecule has 2 aromatic carbocycles. The van der Waals surface area contributed by atoms with E-state index in [1.165, 1.54) is 0 Å². The van der Waals surface area contributed by atoms with Gasteiger partial charge in [0.25, 0.3) is 0 Å². The van der Waals surface area contributed by atoms with E-state index in [2.05, 4.69) is 10.6 Å². The maximum Gasteiger partial charge on any atom is 0.226 e. The Bertz CT molecular complexity index is 815. The number of thiocarbonyl (C=S) groups is 1. The minimum atomic E-state index is -0.250. The van der Waals surface area contributed by atoms with Crippen LogP contribution in [-0.2, 0) is 4.79 Å². The Balaban J connectivity index is 1.72. The zero-order valence-electron chi connectivity index (χ0n) is 14.0. The Morgan fingerprint density at radius 1 is 1.23 bits per heavy atom. The molecule has 0 aliphatic carbocycles. The molecule has 0 aliphatic heterocycles. The second kappa shape index (κ2) is 9.62. The van der Waals surface area contributed by atoms with E-state index >= 15 is 0 Å². The topological polar surface area (TPSA) is 70.6 Å². The molecule has 26 heavy (non-hydrogen) atoms. The number of ether oxygens (including phenoxy) is 1. The number of carbonyl (C=O) groups excluding carboxylic acids is 1. The van der Waals surface area contributed by atoms with Crippen molar-refractivity contribution in [2.24, 2.45) is 0 Å². The SMILES string of the molecule is Cc1ccc(O)c(NC(=S)NC(=O)CCCOc2ccc(Cl)cc2Cl)c1. The molecule has 5 nitrogen and oxygen atoms in total. The van der Waals surface area contributed by atoms with Gasteiger partial charge in [-0.05, 0) is 61.5 Å². The molecule has 0 aromatic heterocycles. The average Bonchev–Trinajstić information content (AvgIpc) is 2.56. The van der Waals surface area contributed by atoms with Crippen molar-refractivity contribution in [3.63, 3.8) is 0 Å². The first-order valence-electron chi connectivity index (χ1n) is 7.83. The molecule has 0 saturated carbocycles. The molecule has 0 saturated heterocycles. The molecule has 138 valence electrons. The van der Waals surface area contributed by atoms with Gasteiger partial charge in [-0.2, -0.15) is 0 Å².